The van der Waals surface area contributed by atoms with E-state index in [4.69, 9.17) is 0 Å². The summed E-state index contributed by atoms with van der Waals surface area (Å²) in [5.41, 5.74) is 6.30. The van der Waals surface area contributed by atoms with Crippen LogP contribution in [0, 0.1) is 20.8 Å². The van der Waals surface area contributed by atoms with Crippen LogP contribution in [0.25, 0.3) is 11.3 Å². The molecule has 0 aliphatic heterocycles. The molecule has 0 spiro atoms. The first-order chi connectivity index (χ1) is 12.0. The Hall–Kier alpha value is -2.46. The van der Waals surface area contributed by atoms with Gasteiger partial charge in [0.15, 0.2) is 0 Å². The van der Waals surface area contributed by atoms with Gasteiger partial charge < -0.3 is 5.32 Å². The molecule has 0 fully saturated rings. The SMILES string of the molecule is Cc1ccc(C(=O)NCCc2ccc(-c3csc(C)n3)cc2)c(C)c1. The molecule has 128 valence electrons. The molecule has 0 aliphatic rings. The number of carbonyl (C=O) groups is 1. The van der Waals surface area contributed by atoms with Crippen molar-refractivity contribution < 1.29 is 4.79 Å². The summed E-state index contributed by atoms with van der Waals surface area (Å²) >= 11 is 1.66. The van der Waals surface area contributed by atoms with Crippen LogP contribution in [-0.4, -0.2) is 17.4 Å². The number of rotatable bonds is 5. The van der Waals surface area contributed by atoms with E-state index in [9.17, 15) is 4.79 Å². The molecule has 0 unspecified atom stereocenters. The average Bonchev–Trinajstić information content (AvgIpc) is 3.02. The van der Waals surface area contributed by atoms with Crippen LogP contribution in [0.5, 0.6) is 0 Å². The van der Waals surface area contributed by atoms with Crippen molar-refractivity contribution in [2.24, 2.45) is 0 Å². The lowest BCUT2D eigenvalue weighted by molar-refractivity contribution is 0.0953. The van der Waals surface area contributed by atoms with E-state index in [2.05, 4.69) is 39.9 Å². The van der Waals surface area contributed by atoms with Gasteiger partial charge in [0.2, 0.25) is 0 Å². The summed E-state index contributed by atoms with van der Waals surface area (Å²) < 4.78 is 0. The van der Waals surface area contributed by atoms with E-state index >= 15 is 0 Å². The van der Waals surface area contributed by atoms with Crippen molar-refractivity contribution in [3.8, 4) is 11.3 Å². The van der Waals surface area contributed by atoms with Gasteiger partial charge in [-0.1, -0.05) is 42.0 Å². The van der Waals surface area contributed by atoms with Gasteiger partial charge in [0.1, 0.15) is 0 Å². The summed E-state index contributed by atoms with van der Waals surface area (Å²) in [6.07, 6.45) is 0.813. The standard InChI is InChI=1S/C21H22N2OS/c1-14-4-9-19(15(2)12-14)21(24)22-11-10-17-5-7-18(8-6-17)20-13-25-16(3)23-20/h4-9,12-13H,10-11H2,1-3H3,(H,22,24). The lowest BCUT2D eigenvalue weighted by Crippen LogP contribution is -2.26. The second-order valence-corrected chi connectivity index (χ2v) is 7.34. The van der Waals surface area contributed by atoms with E-state index in [1.54, 1.807) is 11.3 Å². The van der Waals surface area contributed by atoms with Gasteiger partial charge >= 0.3 is 0 Å². The highest BCUT2D eigenvalue weighted by Gasteiger charge is 2.08. The number of aryl methyl sites for hydroxylation is 3. The predicted octanol–water partition coefficient (Wildman–Crippen LogP) is 4.71. The third kappa shape index (κ3) is 4.34. The maximum Gasteiger partial charge on any atom is 0.251 e. The molecular formula is C21H22N2OS. The van der Waals surface area contributed by atoms with E-state index in [0.29, 0.717) is 6.54 Å². The molecule has 1 heterocycles. The minimum atomic E-state index is -0.00734. The molecule has 1 N–H and O–H groups in total. The lowest BCUT2D eigenvalue weighted by atomic mass is 10.0. The highest BCUT2D eigenvalue weighted by molar-refractivity contribution is 7.09. The Morgan fingerprint density at radius 1 is 1.08 bits per heavy atom. The normalized spacial score (nSPS) is 10.7. The Morgan fingerprint density at radius 2 is 1.84 bits per heavy atom. The number of hydrogen-bond donors (Lipinski definition) is 1. The summed E-state index contributed by atoms with van der Waals surface area (Å²) in [7, 11) is 0. The molecule has 2 aromatic carbocycles. The van der Waals surface area contributed by atoms with Gasteiger partial charge in [0, 0.05) is 23.1 Å². The third-order valence-electron chi connectivity index (χ3n) is 4.19. The summed E-state index contributed by atoms with van der Waals surface area (Å²) in [5.74, 6) is -0.00734. The molecule has 0 bridgehead atoms. The number of carbonyl (C=O) groups excluding carboxylic acids is 1. The quantitative estimate of drug-likeness (QED) is 0.724. The van der Waals surface area contributed by atoms with Crippen molar-refractivity contribution in [1.29, 1.82) is 0 Å². The van der Waals surface area contributed by atoms with Gasteiger partial charge in [0.25, 0.3) is 5.91 Å². The van der Waals surface area contributed by atoms with Crippen LogP contribution in [0.15, 0.2) is 47.8 Å². The van der Waals surface area contributed by atoms with Crippen LogP contribution in [0.3, 0.4) is 0 Å². The van der Waals surface area contributed by atoms with Crippen LogP contribution >= 0.6 is 11.3 Å². The van der Waals surface area contributed by atoms with Crippen molar-refractivity contribution in [1.82, 2.24) is 10.3 Å². The lowest BCUT2D eigenvalue weighted by Gasteiger charge is -2.09. The zero-order chi connectivity index (χ0) is 17.8. The number of nitrogens with zero attached hydrogens (tertiary/aromatic N) is 1. The van der Waals surface area contributed by atoms with Gasteiger partial charge in [-0.05, 0) is 44.4 Å². The van der Waals surface area contributed by atoms with Gasteiger partial charge in [-0.3, -0.25) is 4.79 Å². The van der Waals surface area contributed by atoms with Crippen molar-refractivity contribution in [3.63, 3.8) is 0 Å². The van der Waals surface area contributed by atoms with Gasteiger partial charge in [-0.15, -0.1) is 11.3 Å². The fourth-order valence-electron chi connectivity index (χ4n) is 2.82. The van der Waals surface area contributed by atoms with Crippen LogP contribution in [0.1, 0.15) is 32.1 Å². The summed E-state index contributed by atoms with van der Waals surface area (Å²) in [4.78, 5) is 16.8. The Bertz CT molecular complexity index is 881. The molecule has 3 nitrogen and oxygen atoms in total. The molecule has 0 radical (unpaired) electrons. The second kappa shape index (κ2) is 7.62. The van der Waals surface area contributed by atoms with Crippen molar-refractivity contribution >= 4 is 17.2 Å². The Balaban J connectivity index is 1.56. The highest BCUT2D eigenvalue weighted by Crippen LogP contribution is 2.21. The fraction of sp³-hybridized carbons (Fsp3) is 0.238. The van der Waals surface area contributed by atoms with Gasteiger partial charge in [-0.25, -0.2) is 4.98 Å². The van der Waals surface area contributed by atoms with Gasteiger partial charge in [0.05, 0.1) is 10.7 Å². The second-order valence-electron chi connectivity index (χ2n) is 6.27. The molecule has 0 atom stereocenters. The van der Waals surface area contributed by atoms with Gasteiger partial charge in [-0.2, -0.15) is 0 Å². The highest BCUT2D eigenvalue weighted by atomic mass is 32.1. The zero-order valence-electron chi connectivity index (χ0n) is 14.8. The topological polar surface area (TPSA) is 42.0 Å². The monoisotopic (exact) mass is 350 g/mol. The smallest absolute Gasteiger partial charge is 0.251 e. The maximum absolute atomic E-state index is 12.3. The Labute approximate surface area is 152 Å². The fourth-order valence-corrected chi connectivity index (χ4v) is 3.44. The van der Waals surface area contributed by atoms with Crippen molar-refractivity contribution in [2.45, 2.75) is 27.2 Å². The molecule has 3 rings (SSSR count). The van der Waals surface area contributed by atoms with Crippen LogP contribution in [0.4, 0.5) is 0 Å². The first-order valence-electron chi connectivity index (χ1n) is 8.40. The summed E-state index contributed by atoms with van der Waals surface area (Å²) in [6.45, 7) is 6.65. The van der Waals surface area contributed by atoms with E-state index in [0.717, 1.165) is 33.8 Å². The molecule has 1 aromatic heterocycles. The molecule has 1 amide bonds. The number of aromatic nitrogens is 1. The molecule has 4 heteroatoms. The average molecular weight is 350 g/mol. The number of hydrogen-bond acceptors (Lipinski definition) is 3. The van der Waals surface area contributed by atoms with E-state index in [-0.39, 0.29) is 5.91 Å². The Kier molecular flexibility index (Phi) is 5.29. The van der Waals surface area contributed by atoms with Crippen LogP contribution in [-0.2, 0) is 6.42 Å². The molecular weight excluding hydrogens is 328 g/mol. The first-order valence-corrected chi connectivity index (χ1v) is 9.28. The Morgan fingerprint density at radius 3 is 2.48 bits per heavy atom. The zero-order valence-corrected chi connectivity index (χ0v) is 15.6. The summed E-state index contributed by atoms with van der Waals surface area (Å²) in [5, 5.41) is 6.16. The molecule has 0 aliphatic carbocycles. The first kappa shape index (κ1) is 17.4. The van der Waals surface area contributed by atoms with E-state index < -0.39 is 0 Å². The van der Waals surface area contributed by atoms with Crippen molar-refractivity contribution in [3.05, 3.63) is 75.1 Å². The number of amides is 1. The predicted molar refractivity (Wildman–Crippen MR) is 104 cm³/mol. The van der Waals surface area contributed by atoms with Crippen LogP contribution < -0.4 is 5.32 Å². The minimum absolute atomic E-state index is 0.00734. The largest absolute Gasteiger partial charge is 0.352 e. The molecule has 0 saturated carbocycles. The third-order valence-corrected chi connectivity index (χ3v) is 4.97. The number of nitrogens with one attached hydrogen (secondary N) is 1. The molecule has 0 saturated heterocycles. The van der Waals surface area contributed by atoms with Crippen LogP contribution in [0.2, 0.25) is 0 Å². The van der Waals surface area contributed by atoms with Crippen molar-refractivity contribution in [2.75, 3.05) is 6.54 Å². The molecule has 25 heavy (non-hydrogen) atoms. The van der Waals surface area contributed by atoms with E-state index in [1.165, 1.54) is 11.1 Å². The number of thiazole rings is 1. The maximum atomic E-state index is 12.3. The molecule has 3 aromatic rings. The van der Waals surface area contributed by atoms with E-state index in [1.807, 2.05) is 39.0 Å². The number of benzene rings is 2. The minimum Gasteiger partial charge on any atom is -0.352 e. The summed E-state index contributed by atoms with van der Waals surface area (Å²) in [6, 6.07) is 14.3.